The molecule has 1 amide bonds. The molecule has 0 unspecified atom stereocenters. The average molecular weight is 269 g/mol. The van der Waals surface area contributed by atoms with E-state index in [-0.39, 0.29) is 5.91 Å². The highest BCUT2D eigenvalue weighted by atomic mass is 32.1. The van der Waals surface area contributed by atoms with Crippen LogP contribution in [-0.2, 0) is 0 Å². The Morgan fingerprint density at radius 1 is 1.00 bits per heavy atom. The second-order valence-corrected chi connectivity index (χ2v) is 4.74. The van der Waals surface area contributed by atoms with Gasteiger partial charge in [-0.2, -0.15) is 0 Å². The first kappa shape index (κ1) is 13.4. The normalized spacial score (nSPS) is 10.0. The van der Waals surface area contributed by atoms with Gasteiger partial charge in [0.05, 0.1) is 0 Å². The van der Waals surface area contributed by atoms with Crippen LogP contribution in [0.1, 0.15) is 21.5 Å². The molecule has 2 aromatic carbocycles. The summed E-state index contributed by atoms with van der Waals surface area (Å²) in [6.07, 6.45) is 0. The molecule has 0 saturated carbocycles. The number of rotatable bonds is 2. The summed E-state index contributed by atoms with van der Waals surface area (Å²) >= 11 is 5.41. The van der Waals surface area contributed by atoms with E-state index in [9.17, 15) is 4.79 Å². The summed E-state index contributed by atoms with van der Waals surface area (Å²) in [4.78, 5) is 14.4. The number of thiocarbonyl (C=S) groups is 1. The van der Waals surface area contributed by atoms with Gasteiger partial charge >= 0.3 is 0 Å². The SMILES string of the molecule is Cc1ccccc1C(=S)N(C)C(=O)c1ccccc1. The molecule has 0 spiro atoms. The summed E-state index contributed by atoms with van der Waals surface area (Å²) in [6.45, 7) is 1.99. The molecule has 0 saturated heterocycles. The van der Waals surface area contributed by atoms with Gasteiger partial charge in [0.1, 0.15) is 4.99 Å². The molecule has 0 bridgehead atoms. The lowest BCUT2D eigenvalue weighted by molar-refractivity contribution is 0.0873. The number of aryl methyl sites for hydroxylation is 1. The van der Waals surface area contributed by atoms with Crippen LogP contribution in [0.5, 0.6) is 0 Å². The lowest BCUT2D eigenvalue weighted by atomic mass is 10.1. The average Bonchev–Trinajstić information content (AvgIpc) is 2.46. The molecule has 2 aromatic rings. The van der Waals surface area contributed by atoms with Crippen LogP contribution in [0.25, 0.3) is 0 Å². The quantitative estimate of drug-likeness (QED) is 0.778. The van der Waals surface area contributed by atoms with Gasteiger partial charge in [0.15, 0.2) is 0 Å². The van der Waals surface area contributed by atoms with Gasteiger partial charge in [0.25, 0.3) is 5.91 Å². The van der Waals surface area contributed by atoms with Crippen LogP contribution in [0.4, 0.5) is 0 Å². The van der Waals surface area contributed by atoms with Gasteiger partial charge in [-0.25, -0.2) is 0 Å². The van der Waals surface area contributed by atoms with Gasteiger partial charge in [-0.15, -0.1) is 0 Å². The fourth-order valence-corrected chi connectivity index (χ4v) is 2.17. The molecule has 0 radical (unpaired) electrons. The molecule has 96 valence electrons. The van der Waals surface area contributed by atoms with E-state index >= 15 is 0 Å². The first-order valence-corrected chi connectivity index (χ1v) is 6.45. The van der Waals surface area contributed by atoms with Crippen LogP contribution in [0, 0.1) is 6.92 Å². The standard InChI is InChI=1S/C16H15NOS/c1-12-8-6-7-11-14(12)16(19)17(2)15(18)13-9-4-3-5-10-13/h3-11H,1-2H3. The topological polar surface area (TPSA) is 20.3 Å². The van der Waals surface area contributed by atoms with Crippen molar-refractivity contribution in [2.75, 3.05) is 7.05 Å². The maximum atomic E-state index is 12.3. The monoisotopic (exact) mass is 269 g/mol. The largest absolute Gasteiger partial charge is 0.302 e. The van der Waals surface area contributed by atoms with Crippen LogP contribution < -0.4 is 0 Å². The van der Waals surface area contributed by atoms with Gasteiger partial charge in [-0.1, -0.05) is 54.7 Å². The number of hydrogen-bond acceptors (Lipinski definition) is 2. The van der Waals surface area contributed by atoms with Crippen LogP contribution in [0.2, 0.25) is 0 Å². The number of nitrogens with zero attached hydrogens (tertiary/aromatic N) is 1. The van der Waals surface area contributed by atoms with Gasteiger partial charge in [-0.3, -0.25) is 4.79 Å². The second kappa shape index (κ2) is 5.76. The summed E-state index contributed by atoms with van der Waals surface area (Å²) in [5.41, 5.74) is 2.63. The molecule has 0 fully saturated rings. The number of carbonyl (C=O) groups is 1. The van der Waals surface area contributed by atoms with Crippen LogP contribution >= 0.6 is 12.2 Å². The van der Waals surface area contributed by atoms with Crippen LogP contribution in [0.15, 0.2) is 54.6 Å². The third-order valence-electron chi connectivity index (χ3n) is 3.01. The zero-order valence-corrected chi connectivity index (χ0v) is 11.8. The Balaban J connectivity index is 2.26. The van der Waals surface area contributed by atoms with Crippen LogP contribution in [0.3, 0.4) is 0 Å². The van der Waals surface area contributed by atoms with E-state index in [0.717, 1.165) is 11.1 Å². The highest BCUT2D eigenvalue weighted by Gasteiger charge is 2.17. The maximum Gasteiger partial charge on any atom is 0.258 e. The highest BCUT2D eigenvalue weighted by molar-refractivity contribution is 7.80. The molecule has 19 heavy (non-hydrogen) atoms. The predicted molar refractivity (Wildman–Crippen MR) is 81.4 cm³/mol. The summed E-state index contributed by atoms with van der Waals surface area (Å²) < 4.78 is 0. The molecule has 2 nitrogen and oxygen atoms in total. The van der Waals surface area contributed by atoms with Gasteiger partial charge in [-0.05, 0) is 24.6 Å². The Kier molecular flexibility index (Phi) is 4.07. The van der Waals surface area contributed by atoms with Crippen molar-refractivity contribution in [3.8, 4) is 0 Å². The molecule has 2 rings (SSSR count). The van der Waals surface area contributed by atoms with Crippen molar-refractivity contribution in [3.05, 3.63) is 71.3 Å². The van der Waals surface area contributed by atoms with E-state index in [0.29, 0.717) is 10.6 Å². The van der Waals surface area contributed by atoms with E-state index in [1.54, 1.807) is 19.2 Å². The summed E-state index contributed by atoms with van der Waals surface area (Å²) in [5, 5.41) is 0. The minimum Gasteiger partial charge on any atom is -0.302 e. The van der Waals surface area contributed by atoms with Crippen molar-refractivity contribution in [2.24, 2.45) is 0 Å². The third kappa shape index (κ3) is 2.88. The molecule has 0 aliphatic heterocycles. The molecule has 0 aromatic heterocycles. The zero-order valence-electron chi connectivity index (χ0n) is 11.0. The van der Waals surface area contributed by atoms with E-state index < -0.39 is 0 Å². The van der Waals surface area contributed by atoms with Gasteiger partial charge in [0, 0.05) is 18.2 Å². The zero-order chi connectivity index (χ0) is 13.8. The molecule has 3 heteroatoms. The molecule has 0 N–H and O–H groups in total. The molecule has 0 atom stereocenters. The van der Waals surface area contributed by atoms with Gasteiger partial charge in [0.2, 0.25) is 0 Å². The predicted octanol–water partition coefficient (Wildman–Crippen LogP) is 3.44. The van der Waals surface area contributed by atoms with Crippen molar-refractivity contribution >= 4 is 23.1 Å². The van der Waals surface area contributed by atoms with E-state index in [1.807, 2.05) is 49.4 Å². The Bertz CT molecular complexity index is 607. The highest BCUT2D eigenvalue weighted by Crippen LogP contribution is 2.13. The first-order chi connectivity index (χ1) is 9.11. The Labute approximate surface area is 118 Å². The van der Waals surface area contributed by atoms with Gasteiger partial charge < -0.3 is 4.90 Å². The fraction of sp³-hybridized carbons (Fsp3) is 0.125. The summed E-state index contributed by atoms with van der Waals surface area (Å²) in [6, 6.07) is 17.0. The summed E-state index contributed by atoms with van der Waals surface area (Å²) in [5.74, 6) is -0.0890. The van der Waals surface area contributed by atoms with Crippen molar-refractivity contribution in [1.29, 1.82) is 0 Å². The second-order valence-electron chi connectivity index (χ2n) is 4.35. The van der Waals surface area contributed by atoms with Crippen molar-refractivity contribution in [3.63, 3.8) is 0 Å². The number of hydrogen-bond donors (Lipinski definition) is 0. The third-order valence-corrected chi connectivity index (χ3v) is 3.50. The fourth-order valence-electron chi connectivity index (χ4n) is 1.86. The number of amides is 1. The molecular weight excluding hydrogens is 254 g/mol. The first-order valence-electron chi connectivity index (χ1n) is 6.04. The Morgan fingerprint density at radius 3 is 2.21 bits per heavy atom. The minimum absolute atomic E-state index is 0.0890. The maximum absolute atomic E-state index is 12.3. The molecule has 0 heterocycles. The molecule has 0 aliphatic carbocycles. The van der Waals surface area contributed by atoms with Crippen molar-refractivity contribution < 1.29 is 4.79 Å². The van der Waals surface area contributed by atoms with Crippen molar-refractivity contribution in [2.45, 2.75) is 6.92 Å². The van der Waals surface area contributed by atoms with E-state index in [1.165, 1.54) is 4.90 Å². The Hall–Kier alpha value is -2.00. The van der Waals surface area contributed by atoms with Crippen LogP contribution in [-0.4, -0.2) is 22.8 Å². The van der Waals surface area contributed by atoms with Crippen molar-refractivity contribution in [1.82, 2.24) is 4.90 Å². The molecular formula is C16H15NOS. The lowest BCUT2D eigenvalue weighted by Gasteiger charge is -2.19. The Morgan fingerprint density at radius 2 is 1.58 bits per heavy atom. The summed E-state index contributed by atoms with van der Waals surface area (Å²) in [7, 11) is 1.71. The number of carbonyl (C=O) groups excluding carboxylic acids is 1. The van der Waals surface area contributed by atoms with E-state index in [2.05, 4.69) is 0 Å². The smallest absolute Gasteiger partial charge is 0.258 e. The number of benzene rings is 2. The molecule has 0 aliphatic rings. The lowest BCUT2D eigenvalue weighted by Crippen LogP contribution is -2.32. The minimum atomic E-state index is -0.0890. The van der Waals surface area contributed by atoms with E-state index in [4.69, 9.17) is 12.2 Å².